The molecule has 0 radical (unpaired) electrons. The van der Waals surface area contributed by atoms with Gasteiger partial charge in [-0.1, -0.05) is 72.8 Å². The van der Waals surface area contributed by atoms with Crippen LogP contribution in [0.5, 0.6) is 0 Å². The van der Waals surface area contributed by atoms with Gasteiger partial charge in [-0.2, -0.15) is 0 Å². The number of hydrogen-bond acceptors (Lipinski definition) is 1. The molecule has 1 nitrogen and oxygen atoms in total. The summed E-state index contributed by atoms with van der Waals surface area (Å²) in [5.74, 6) is 0. The highest BCUT2D eigenvalue weighted by Gasteiger charge is 2.19. The van der Waals surface area contributed by atoms with E-state index in [0.29, 0.717) is 0 Å². The molecule has 0 fully saturated rings. The summed E-state index contributed by atoms with van der Waals surface area (Å²) < 4.78 is 0. The van der Waals surface area contributed by atoms with Gasteiger partial charge in [-0.3, -0.25) is 4.98 Å². The lowest BCUT2D eigenvalue weighted by Gasteiger charge is -2.12. The molecule has 0 saturated carbocycles. The molecule has 1 aromatic heterocycles. The molecule has 0 N–H and O–H groups in total. The molecule has 5 rings (SSSR count). The first-order valence-corrected chi connectivity index (χ1v) is 9.05. The lowest BCUT2D eigenvalue weighted by atomic mass is 9.93. The predicted octanol–water partition coefficient (Wildman–Crippen LogP) is 6.65. The maximum atomic E-state index is 4.65. The Morgan fingerprint density at radius 2 is 1.46 bits per heavy atom. The van der Waals surface area contributed by atoms with E-state index in [9.17, 15) is 0 Å². The van der Waals surface area contributed by atoms with Crippen molar-refractivity contribution in [3.8, 4) is 0 Å². The fourth-order valence-corrected chi connectivity index (χ4v) is 4.10. The van der Waals surface area contributed by atoms with Crippen molar-refractivity contribution in [2.24, 2.45) is 0 Å². The minimum absolute atomic E-state index is 0.958. The average Bonchev–Trinajstić information content (AvgIpc) is 3.08. The van der Waals surface area contributed by atoms with Crippen molar-refractivity contribution in [2.75, 3.05) is 0 Å². The SMILES string of the molecule is CC1=C(c2cccc3cccnc23)CC=C1c1cccc2ccccc12. The van der Waals surface area contributed by atoms with E-state index < -0.39 is 0 Å². The smallest absolute Gasteiger partial charge is 0.0777 e. The van der Waals surface area contributed by atoms with E-state index in [1.54, 1.807) is 0 Å². The molecule has 0 saturated heterocycles. The second-order valence-electron chi connectivity index (χ2n) is 6.83. The van der Waals surface area contributed by atoms with Gasteiger partial charge in [0.25, 0.3) is 0 Å². The summed E-state index contributed by atoms with van der Waals surface area (Å²) in [5.41, 5.74) is 7.77. The highest BCUT2D eigenvalue weighted by atomic mass is 14.6. The minimum Gasteiger partial charge on any atom is -0.256 e. The Bertz CT molecular complexity index is 1120. The molecule has 0 aliphatic heterocycles. The first kappa shape index (κ1) is 15.1. The Kier molecular flexibility index (Phi) is 3.46. The molecule has 1 heteroatoms. The van der Waals surface area contributed by atoms with E-state index in [1.165, 1.54) is 44.0 Å². The summed E-state index contributed by atoms with van der Waals surface area (Å²) in [5, 5.41) is 3.81. The van der Waals surface area contributed by atoms with Gasteiger partial charge in [0.1, 0.15) is 0 Å². The van der Waals surface area contributed by atoms with Gasteiger partial charge in [0.2, 0.25) is 0 Å². The number of fused-ring (bicyclic) bond motifs is 2. The van der Waals surface area contributed by atoms with Gasteiger partial charge in [0.15, 0.2) is 0 Å². The van der Waals surface area contributed by atoms with Crippen LogP contribution in [0.25, 0.3) is 32.8 Å². The van der Waals surface area contributed by atoms with Gasteiger partial charge >= 0.3 is 0 Å². The number of hydrogen-bond donors (Lipinski definition) is 0. The molecule has 0 unspecified atom stereocenters. The van der Waals surface area contributed by atoms with Crippen molar-refractivity contribution in [3.05, 3.63) is 102 Å². The Morgan fingerprint density at radius 3 is 2.38 bits per heavy atom. The third-order valence-corrected chi connectivity index (χ3v) is 5.40. The van der Waals surface area contributed by atoms with Crippen LogP contribution in [0.15, 0.2) is 90.6 Å². The minimum atomic E-state index is 0.958. The highest BCUT2D eigenvalue weighted by molar-refractivity contribution is 6.05. The van der Waals surface area contributed by atoms with Crippen molar-refractivity contribution >= 4 is 32.8 Å². The van der Waals surface area contributed by atoms with Gasteiger partial charge < -0.3 is 0 Å². The van der Waals surface area contributed by atoms with E-state index in [0.717, 1.165) is 11.9 Å². The molecular formula is C25H19N. The number of aromatic nitrogens is 1. The van der Waals surface area contributed by atoms with Crippen LogP contribution < -0.4 is 0 Å². The fourth-order valence-electron chi connectivity index (χ4n) is 4.10. The van der Waals surface area contributed by atoms with Gasteiger partial charge in [0, 0.05) is 17.1 Å². The zero-order valence-electron chi connectivity index (χ0n) is 14.7. The van der Waals surface area contributed by atoms with Crippen LogP contribution >= 0.6 is 0 Å². The topological polar surface area (TPSA) is 12.9 Å². The van der Waals surface area contributed by atoms with Crippen molar-refractivity contribution < 1.29 is 0 Å². The average molecular weight is 333 g/mol. The van der Waals surface area contributed by atoms with Crippen molar-refractivity contribution in [3.63, 3.8) is 0 Å². The van der Waals surface area contributed by atoms with Crippen LogP contribution in [-0.2, 0) is 0 Å². The third kappa shape index (κ3) is 2.28. The lowest BCUT2D eigenvalue weighted by Crippen LogP contribution is -1.91. The van der Waals surface area contributed by atoms with Gasteiger partial charge in [-0.05, 0) is 52.5 Å². The van der Waals surface area contributed by atoms with Gasteiger partial charge in [-0.15, -0.1) is 0 Å². The van der Waals surface area contributed by atoms with Crippen LogP contribution in [0.2, 0.25) is 0 Å². The summed E-state index contributed by atoms with van der Waals surface area (Å²) in [7, 11) is 0. The summed E-state index contributed by atoms with van der Waals surface area (Å²) in [6.07, 6.45) is 5.21. The second kappa shape index (κ2) is 5.96. The van der Waals surface area contributed by atoms with E-state index >= 15 is 0 Å². The van der Waals surface area contributed by atoms with E-state index in [4.69, 9.17) is 0 Å². The van der Waals surface area contributed by atoms with E-state index in [-0.39, 0.29) is 0 Å². The van der Waals surface area contributed by atoms with Crippen molar-refractivity contribution in [1.82, 2.24) is 4.98 Å². The lowest BCUT2D eigenvalue weighted by molar-refractivity contribution is 1.36. The Labute approximate surface area is 153 Å². The van der Waals surface area contributed by atoms with E-state index in [1.807, 2.05) is 12.3 Å². The van der Waals surface area contributed by atoms with Crippen LogP contribution in [0.4, 0.5) is 0 Å². The van der Waals surface area contributed by atoms with Gasteiger partial charge in [-0.25, -0.2) is 0 Å². The van der Waals surface area contributed by atoms with Crippen LogP contribution in [0.3, 0.4) is 0 Å². The number of rotatable bonds is 2. The molecular weight excluding hydrogens is 314 g/mol. The zero-order valence-corrected chi connectivity index (χ0v) is 14.7. The zero-order chi connectivity index (χ0) is 17.5. The molecule has 3 aromatic carbocycles. The number of allylic oxidation sites excluding steroid dienone is 4. The monoisotopic (exact) mass is 333 g/mol. The van der Waals surface area contributed by atoms with Crippen molar-refractivity contribution in [1.29, 1.82) is 0 Å². The summed E-state index contributed by atoms with van der Waals surface area (Å²) in [4.78, 5) is 4.65. The summed E-state index contributed by atoms with van der Waals surface area (Å²) in [6.45, 7) is 2.25. The van der Waals surface area contributed by atoms with Crippen molar-refractivity contribution in [2.45, 2.75) is 13.3 Å². The quantitative estimate of drug-likeness (QED) is 0.400. The molecule has 1 heterocycles. The summed E-state index contributed by atoms with van der Waals surface area (Å²) >= 11 is 0. The number of para-hydroxylation sites is 1. The Morgan fingerprint density at radius 1 is 0.731 bits per heavy atom. The number of benzene rings is 3. The maximum Gasteiger partial charge on any atom is 0.0777 e. The Balaban J connectivity index is 1.69. The largest absolute Gasteiger partial charge is 0.256 e. The molecule has 0 spiro atoms. The molecule has 0 bridgehead atoms. The molecule has 1 aliphatic carbocycles. The second-order valence-corrected chi connectivity index (χ2v) is 6.83. The molecule has 0 atom stereocenters. The van der Waals surface area contributed by atoms with Crippen LogP contribution in [0, 0.1) is 0 Å². The van der Waals surface area contributed by atoms with Crippen LogP contribution in [-0.4, -0.2) is 4.98 Å². The fraction of sp³-hybridized carbons (Fsp3) is 0.0800. The van der Waals surface area contributed by atoms with Gasteiger partial charge in [0.05, 0.1) is 5.52 Å². The van der Waals surface area contributed by atoms with E-state index in [2.05, 4.69) is 84.7 Å². The molecule has 4 aromatic rings. The standard InChI is InChI=1S/C25H19N/c1-17-20(23-12-4-8-18-7-2-3-11-22(18)23)14-15-21(17)24-13-5-9-19-10-6-16-26-25(19)24/h2-14,16H,15H2,1H3. The first-order valence-electron chi connectivity index (χ1n) is 9.05. The molecule has 26 heavy (non-hydrogen) atoms. The Hall–Kier alpha value is -3.19. The number of nitrogens with zero attached hydrogens (tertiary/aromatic N) is 1. The third-order valence-electron chi connectivity index (χ3n) is 5.40. The predicted molar refractivity (Wildman–Crippen MR) is 111 cm³/mol. The highest BCUT2D eigenvalue weighted by Crippen LogP contribution is 2.41. The normalized spacial score (nSPS) is 14.3. The molecule has 0 amide bonds. The maximum absolute atomic E-state index is 4.65. The molecule has 1 aliphatic rings. The molecule has 124 valence electrons. The van der Waals surface area contributed by atoms with Crippen LogP contribution in [0.1, 0.15) is 24.5 Å². The number of pyridine rings is 1. The first-order chi connectivity index (χ1) is 12.8. The summed E-state index contributed by atoms with van der Waals surface area (Å²) in [6, 6.07) is 25.8.